The summed E-state index contributed by atoms with van der Waals surface area (Å²) in [6.45, 7) is 3.98. The van der Waals surface area contributed by atoms with Gasteiger partial charge in [-0.1, -0.05) is 13.8 Å². The summed E-state index contributed by atoms with van der Waals surface area (Å²) in [5, 5.41) is 2.84. The van der Waals surface area contributed by atoms with Gasteiger partial charge in [0.15, 0.2) is 0 Å². The molecule has 0 saturated carbocycles. The third-order valence-corrected chi connectivity index (χ3v) is 5.03. The minimum atomic E-state index is -3.44. The van der Waals surface area contributed by atoms with Crippen molar-refractivity contribution >= 4 is 15.8 Å². The molecule has 0 bridgehead atoms. The van der Waals surface area contributed by atoms with Crippen LogP contribution in [0.3, 0.4) is 0 Å². The molecule has 6 heteroatoms. The van der Waals surface area contributed by atoms with Gasteiger partial charge in [0.05, 0.1) is 4.90 Å². The van der Waals surface area contributed by atoms with Gasteiger partial charge in [0, 0.05) is 32.4 Å². The van der Waals surface area contributed by atoms with Gasteiger partial charge in [-0.2, -0.15) is 4.31 Å². The van der Waals surface area contributed by atoms with E-state index in [0.717, 1.165) is 12.8 Å². The molecule has 0 aliphatic rings. The zero-order valence-electron chi connectivity index (χ0n) is 11.3. The fraction of sp³-hybridized carbons (Fsp3) is 0.583. The maximum absolute atomic E-state index is 12.4. The molecule has 1 heterocycles. The van der Waals surface area contributed by atoms with Crippen molar-refractivity contribution < 1.29 is 8.42 Å². The van der Waals surface area contributed by atoms with E-state index in [0.29, 0.717) is 5.82 Å². The minimum Gasteiger partial charge on any atom is -0.373 e. The molecule has 1 aromatic heterocycles. The summed E-state index contributed by atoms with van der Waals surface area (Å²) >= 11 is 0. The first-order valence-electron chi connectivity index (χ1n) is 6.09. The van der Waals surface area contributed by atoms with E-state index in [-0.39, 0.29) is 10.9 Å². The normalized spacial score (nSPS) is 12.1. The van der Waals surface area contributed by atoms with E-state index in [1.54, 1.807) is 20.2 Å². The van der Waals surface area contributed by atoms with Gasteiger partial charge in [0.1, 0.15) is 5.82 Å². The second-order valence-electron chi connectivity index (χ2n) is 4.12. The van der Waals surface area contributed by atoms with Crippen LogP contribution in [0.2, 0.25) is 0 Å². The monoisotopic (exact) mass is 271 g/mol. The standard InChI is InChI=1S/C12H21N3O2S/c1-5-10(6-2)15(4)18(16,17)11-7-8-14-12(9-11)13-3/h7-10H,5-6H2,1-4H3,(H,13,14). The van der Waals surface area contributed by atoms with Crippen LogP contribution in [-0.4, -0.2) is 37.8 Å². The molecule has 0 unspecified atom stereocenters. The van der Waals surface area contributed by atoms with Gasteiger partial charge in [-0.25, -0.2) is 13.4 Å². The second kappa shape index (κ2) is 6.15. The molecule has 0 atom stereocenters. The molecule has 0 aromatic carbocycles. The lowest BCUT2D eigenvalue weighted by molar-refractivity contribution is 0.349. The molecule has 0 spiro atoms. The van der Waals surface area contributed by atoms with Crippen LogP contribution in [0, 0.1) is 0 Å². The third-order valence-electron chi connectivity index (χ3n) is 3.12. The topological polar surface area (TPSA) is 62.3 Å². The Labute approximate surface area is 109 Å². The van der Waals surface area contributed by atoms with Crippen molar-refractivity contribution in [2.75, 3.05) is 19.4 Å². The van der Waals surface area contributed by atoms with Crippen LogP contribution in [0.4, 0.5) is 5.82 Å². The first-order chi connectivity index (χ1) is 8.47. The Hall–Kier alpha value is -1.14. The molecule has 0 saturated heterocycles. The minimum absolute atomic E-state index is 0.0289. The average molecular weight is 271 g/mol. The average Bonchev–Trinajstić information content (AvgIpc) is 2.40. The Morgan fingerprint density at radius 1 is 1.39 bits per heavy atom. The number of rotatable bonds is 6. The number of hydrogen-bond donors (Lipinski definition) is 1. The number of aromatic nitrogens is 1. The highest BCUT2D eigenvalue weighted by Gasteiger charge is 2.26. The molecule has 0 aliphatic heterocycles. The predicted octanol–water partition coefficient (Wildman–Crippen LogP) is 1.93. The van der Waals surface area contributed by atoms with Crippen LogP contribution in [0.1, 0.15) is 26.7 Å². The van der Waals surface area contributed by atoms with Crippen LogP contribution in [0.15, 0.2) is 23.2 Å². The molecule has 102 valence electrons. The van der Waals surface area contributed by atoms with Crippen LogP contribution in [-0.2, 0) is 10.0 Å². The lowest BCUT2D eigenvalue weighted by atomic mass is 10.2. The Morgan fingerprint density at radius 2 is 2.00 bits per heavy atom. The molecule has 0 fully saturated rings. The van der Waals surface area contributed by atoms with Crippen molar-refractivity contribution in [3.63, 3.8) is 0 Å². The Balaban J connectivity index is 3.12. The predicted molar refractivity (Wildman–Crippen MR) is 73.1 cm³/mol. The summed E-state index contributed by atoms with van der Waals surface area (Å²) in [6.07, 6.45) is 3.10. The second-order valence-corrected chi connectivity index (χ2v) is 6.12. The van der Waals surface area contributed by atoms with Crippen LogP contribution < -0.4 is 5.32 Å². The van der Waals surface area contributed by atoms with Crippen molar-refractivity contribution in [3.05, 3.63) is 18.3 Å². The number of nitrogens with one attached hydrogen (secondary N) is 1. The van der Waals surface area contributed by atoms with Gasteiger partial charge < -0.3 is 5.32 Å². The lowest BCUT2D eigenvalue weighted by Crippen LogP contribution is -2.36. The fourth-order valence-corrected chi connectivity index (χ4v) is 3.39. The number of hydrogen-bond acceptors (Lipinski definition) is 4. The zero-order chi connectivity index (χ0) is 13.8. The van der Waals surface area contributed by atoms with Crippen molar-refractivity contribution in [3.8, 4) is 0 Å². The van der Waals surface area contributed by atoms with Crippen LogP contribution in [0.25, 0.3) is 0 Å². The van der Waals surface area contributed by atoms with Gasteiger partial charge in [-0.15, -0.1) is 0 Å². The van der Waals surface area contributed by atoms with Gasteiger partial charge in [-0.05, 0) is 18.9 Å². The largest absolute Gasteiger partial charge is 0.373 e. The Bertz CT molecular complexity index is 484. The van der Waals surface area contributed by atoms with Crippen LogP contribution >= 0.6 is 0 Å². The Kier molecular flexibility index (Phi) is 5.10. The van der Waals surface area contributed by atoms with Gasteiger partial charge in [-0.3, -0.25) is 0 Å². The van der Waals surface area contributed by atoms with E-state index in [2.05, 4.69) is 10.3 Å². The molecule has 18 heavy (non-hydrogen) atoms. The highest BCUT2D eigenvalue weighted by molar-refractivity contribution is 7.89. The first-order valence-corrected chi connectivity index (χ1v) is 7.53. The van der Waals surface area contributed by atoms with E-state index < -0.39 is 10.0 Å². The number of sulfonamides is 1. The third kappa shape index (κ3) is 3.00. The molecule has 1 rings (SSSR count). The summed E-state index contributed by atoms with van der Waals surface area (Å²) < 4.78 is 26.3. The zero-order valence-corrected chi connectivity index (χ0v) is 12.2. The van der Waals surface area contributed by atoms with Gasteiger partial charge >= 0.3 is 0 Å². The molecule has 1 aromatic rings. The molecule has 0 amide bonds. The SMILES string of the molecule is CCC(CC)N(C)S(=O)(=O)c1ccnc(NC)c1. The molecular formula is C12H21N3O2S. The molecule has 1 N–H and O–H groups in total. The maximum Gasteiger partial charge on any atom is 0.243 e. The highest BCUT2D eigenvalue weighted by Crippen LogP contribution is 2.20. The van der Waals surface area contributed by atoms with Crippen molar-refractivity contribution in [2.24, 2.45) is 0 Å². The summed E-state index contributed by atoms with van der Waals surface area (Å²) in [7, 11) is -0.0986. The lowest BCUT2D eigenvalue weighted by Gasteiger charge is -2.25. The molecule has 0 aliphatic carbocycles. The highest BCUT2D eigenvalue weighted by atomic mass is 32.2. The first kappa shape index (κ1) is 14.9. The summed E-state index contributed by atoms with van der Waals surface area (Å²) in [6, 6.07) is 3.10. The smallest absolute Gasteiger partial charge is 0.243 e. The molecule has 5 nitrogen and oxygen atoms in total. The van der Waals surface area contributed by atoms with Crippen molar-refractivity contribution in [2.45, 2.75) is 37.6 Å². The summed E-state index contributed by atoms with van der Waals surface area (Å²) in [4.78, 5) is 4.30. The number of nitrogens with zero attached hydrogens (tertiary/aromatic N) is 2. The number of pyridine rings is 1. The van der Waals surface area contributed by atoms with Crippen LogP contribution in [0.5, 0.6) is 0 Å². The number of anilines is 1. The summed E-state index contributed by atoms with van der Waals surface area (Å²) in [5.74, 6) is 0.550. The van der Waals surface area contributed by atoms with E-state index in [1.807, 2.05) is 13.8 Å². The van der Waals surface area contributed by atoms with Crippen molar-refractivity contribution in [1.82, 2.24) is 9.29 Å². The van der Waals surface area contributed by atoms with E-state index >= 15 is 0 Å². The fourth-order valence-electron chi connectivity index (χ4n) is 1.87. The molecular weight excluding hydrogens is 250 g/mol. The quantitative estimate of drug-likeness (QED) is 0.859. The van der Waals surface area contributed by atoms with E-state index in [9.17, 15) is 8.42 Å². The Morgan fingerprint density at radius 3 is 2.50 bits per heavy atom. The van der Waals surface area contributed by atoms with Gasteiger partial charge in [0.2, 0.25) is 10.0 Å². The molecule has 0 radical (unpaired) electrons. The van der Waals surface area contributed by atoms with E-state index in [1.165, 1.54) is 16.6 Å². The maximum atomic E-state index is 12.4. The van der Waals surface area contributed by atoms with Crippen molar-refractivity contribution in [1.29, 1.82) is 0 Å². The van der Waals surface area contributed by atoms with Gasteiger partial charge in [0.25, 0.3) is 0 Å². The van der Waals surface area contributed by atoms with E-state index in [4.69, 9.17) is 0 Å². The summed E-state index contributed by atoms with van der Waals surface area (Å²) in [5.41, 5.74) is 0.